The molecule has 0 aliphatic carbocycles. The number of amides is 2. The lowest BCUT2D eigenvalue weighted by Gasteiger charge is -2.18. The zero-order valence-corrected chi connectivity index (χ0v) is 15.7. The molecule has 8 heteroatoms. The van der Waals surface area contributed by atoms with Crippen molar-refractivity contribution in [2.24, 2.45) is 0 Å². The third-order valence-electron chi connectivity index (χ3n) is 3.78. The summed E-state index contributed by atoms with van der Waals surface area (Å²) in [5, 5.41) is 4.90. The minimum absolute atomic E-state index is 0.00162. The van der Waals surface area contributed by atoms with Crippen LogP contribution in [0, 0.1) is 6.92 Å². The number of nitrogens with one attached hydrogen (secondary N) is 1. The number of methoxy groups -OCH3 is 1. The molecule has 1 aliphatic heterocycles. The fourth-order valence-electron chi connectivity index (χ4n) is 2.63. The highest BCUT2D eigenvalue weighted by atomic mass is 32.2. The fraction of sp³-hybridized carbons (Fsp3) is 0.353. The summed E-state index contributed by atoms with van der Waals surface area (Å²) in [5.74, 6) is 0.925. The Morgan fingerprint density at radius 3 is 3.08 bits per heavy atom. The predicted octanol–water partition coefficient (Wildman–Crippen LogP) is 2.47. The third kappa shape index (κ3) is 4.52. The molecule has 3 rings (SSSR count). The van der Waals surface area contributed by atoms with Crippen molar-refractivity contribution in [1.82, 2.24) is 10.3 Å². The van der Waals surface area contributed by atoms with E-state index < -0.39 is 0 Å². The zero-order chi connectivity index (χ0) is 17.8. The Labute approximate surface area is 154 Å². The van der Waals surface area contributed by atoms with E-state index in [0.29, 0.717) is 24.5 Å². The Kier molecular flexibility index (Phi) is 5.60. The number of nitrogens with zero attached hydrogens (tertiary/aromatic N) is 2. The number of hydrogen-bond donors (Lipinski definition) is 1. The minimum Gasteiger partial charge on any atom is -0.497 e. The molecule has 1 N–H and O–H groups in total. The molecule has 0 spiro atoms. The minimum atomic E-state index is -0.176. The van der Waals surface area contributed by atoms with Crippen LogP contribution in [-0.2, 0) is 9.59 Å². The lowest BCUT2D eigenvalue weighted by molar-refractivity contribution is -0.119. The average molecular weight is 377 g/mol. The molecule has 1 unspecified atom stereocenters. The maximum Gasteiger partial charge on any atom is 0.230 e. The number of thioether (sulfide) groups is 1. The number of ether oxygens (including phenoxy) is 1. The second kappa shape index (κ2) is 7.88. The van der Waals surface area contributed by atoms with Crippen molar-refractivity contribution in [3.05, 3.63) is 35.3 Å². The van der Waals surface area contributed by atoms with Crippen molar-refractivity contribution in [2.45, 2.75) is 23.7 Å². The summed E-state index contributed by atoms with van der Waals surface area (Å²) in [4.78, 5) is 30.4. The highest BCUT2D eigenvalue weighted by molar-refractivity contribution is 8.01. The van der Waals surface area contributed by atoms with Crippen molar-refractivity contribution in [2.75, 3.05) is 24.3 Å². The molecule has 2 heterocycles. The highest BCUT2D eigenvalue weighted by Gasteiger charge is 2.31. The number of aromatic nitrogens is 1. The summed E-state index contributed by atoms with van der Waals surface area (Å²) >= 11 is 2.95. The Balaban J connectivity index is 1.54. The first kappa shape index (κ1) is 17.8. The Hall–Kier alpha value is -2.06. The number of thiazole rings is 1. The van der Waals surface area contributed by atoms with Gasteiger partial charge in [-0.2, -0.15) is 0 Å². The topological polar surface area (TPSA) is 71.5 Å². The van der Waals surface area contributed by atoms with Crippen LogP contribution in [0.2, 0.25) is 0 Å². The SMILES string of the molecule is COc1cccc(N2CC(NC(=O)CSc3nc(C)cs3)CC2=O)c1. The van der Waals surface area contributed by atoms with Crippen molar-refractivity contribution in [1.29, 1.82) is 0 Å². The van der Waals surface area contributed by atoms with Gasteiger partial charge in [0.15, 0.2) is 4.34 Å². The number of hydrogen-bond acceptors (Lipinski definition) is 6. The number of benzene rings is 1. The smallest absolute Gasteiger partial charge is 0.230 e. The van der Waals surface area contributed by atoms with Gasteiger partial charge in [0.2, 0.25) is 11.8 Å². The van der Waals surface area contributed by atoms with E-state index in [2.05, 4.69) is 10.3 Å². The van der Waals surface area contributed by atoms with E-state index in [9.17, 15) is 9.59 Å². The molecule has 6 nitrogen and oxygen atoms in total. The number of aryl methyl sites for hydroxylation is 1. The molecule has 1 aliphatic rings. The predicted molar refractivity (Wildman–Crippen MR) is 99.5 cm³/mol. The van der Waals surface area contributed by atoms with Gasteiger partial charge < -0.3 is 15.0 Å². The lowest BCUT2D eigenvalue weighted by atomic mass is 10.2. The van der Waals surface area contributed by atoms with Gasteiger partial charge in [-0.25, -0.2) is 4.98 Å². The van der Waals surface area contributed by atoms with Crippen LogP contribution in [0.3, 0.4) is 0 Å². The van der Waals surface area contributed by atoms with Gasteiger partial charge in [0.05, 0.1) is 18.9 Å². The summed E-state index contributed by atoms with van der Waals surface area (Å²) < 4.78 is 6.08. The third-order valence-corrected chi connectivity index (χ3v) is 5.92. The maximum atomic E-state index is 12.3. The van der Waals surface area contributed by atoms with Crippen LogP contribution >= 0.6 is 23.1 Å². The first-order valence-electron chi connectivity index (χ1n) is 7.84. The molecule has 1 fully saturated rings. The van der Waals surface area contributed by atoms with E-state index in [0.717, 1.165) is 15.7 Å². The van der Waals surface area contributed by atoms with Crippen LogP contribution in [0.4, 0.5) is 5.69 Å². The molecule has 2 aromatic rings. The van der Waals surface area contributed by atoms with Crippen molar-refractivity contribution in [3.8, 4) is 5.75 Å². The molecule has 1 saturated heterocycles. The van der Waals surface area contributed by atoms with Gasteiger partial charge in [0.25, 0.3) is 0 Å². The Bertz CT molecular complexity index is 778. The van der Waals surface area contributed by atoms with Gasteiger partial charge in [0, 0.05) is 35.8 Å². The summed E-state index contributed by atoms with van der Waals surface area (Å²) in [6.07, 6.45) is 0.310. The molecule has 2 amide bonds. The van der Waals surface area contributed by atoms with Gasteiger partial charge >= 0.3 is 0 Å². The largest absolute Gasteiger partial charge is 0.497 e. The van der Waals surface area contributed by atoms with E-state index in [1.807, 2.05) is 36.6 Å². The van der Waals surface area contributed by atoms with Gasteiger partial charge in [-0.05, 0) is 19.1 Å². The quantitative estimate of drug-likeness (QED) is 0.783. The summed E-state index contributed by atoms with van der Waals surface area (Å²) in [7, 11) is 1.59. The zero-order valence-electron chi connectivity index (χ0n) is 14.0. The van der Waals surface area contributed by atoms with Crippen LogP contribution in [0.15, 0.2) is 34.0 Å². The number of rotatable bonds is 6. The molecule has 0 radical (unpaired) electrons. The number of anilines is 1. The molecule has 1 aromatic heterocycles. The van der Waals surface area contributed by atoms with E-state index in [-0.39, 0.29) is 17.9 Å². The molecule has 1 atom stereocenters. The van der Waals surface area contributed by atoms with Gasteiger partial charge in [0.1, 0.15) is 5.75 Å². The van der Waals surface area contributed by atoms with E-state index >= 15 is 0 Å². The van der Waals surface area contributed by atoms with Crippen LogP contribution < -0.4 is 15.0 Å². The molecule has 0 saturated carbocycles. The second-order valence-electron chi connectivity index (χ2n) is 5.72. The maximum absolute atomic E-state index is 12.3. The van der Waals surface area contributed by atoms with E-state index in [1.54, 1.807) is 12.0 Å². The van der Waals surface area contributed by atoms with E-state index in [4.69, 9.17) is 4.74 Å². The first-order chi connectivity index (χ1) is 12.0. The summed E-state index contributed by atoms with van der Waals surface area (Å²) in [6.45, 7) is 2.40. The second-order valence-corrected chi connectivity index (χ2v) is 7.80. The summed E-state index contributed by atoms with van der Waals surface area (Å²) in [6, 6.07) is 7.19. The Morgan fingerprint density at radius 2 is 2.36 bits per heavy atom. The number of carbonyl (C=O) groups excluding carboxylic acids is 2. The van der Waals surface area contributed by atoms with E-state index in [1.165, 1.54) is 23.1 Å². The molecular formula is C17H19N3O3S2. The lowest BCUT2D eigenvalue weighted by Crippen LogP contribution is -2.38. The van der Waals surface area contributed by atoms with Crippen molar-refractivity contribution < 1.29 is 14.3 Å². The Morgan fingerprint density at radius 1 is 1.52 bits per heavy atom. The van der Waals surface area contributed by atoms with Crippen LogP contribution in [-0.4, -0.2) is 42.2 Å². The van der Waals surface area contributed by atoms with Crippen LogP contribution in [0.1, 0.15) is 12.1 Å². The normalized spacial score (nSPS) is 17.0. The summed E-state index contributed by atoms with van der Waals surface area (Å²) in [5.41, 5.74) is 1.75. The first-order valence-corrected chi connectivity index (χ1v) is 9.70. The molecule has 132 valence electrons. The highest BCUT2D eigenvalue weighted by Crippen LogP contribution is 2.26. The average Bonchev–Trinajstić information content (AvgIpc) is 3.18. The van der Waals surface area contributed by atoms with Crippen molar-refractivity contribution in [3.63, 3.8) is 0 Å². The number of carbonyl (C=O) groups is 2. The fourth-order valence-corrected chi connectivity index (χ4v) is 4.29. The molecule has 25 heavy (non-hydrogen) atoms. The van der Waals surface area contributed by atoms with Crippen molar-refractivity contribution >= 4 is 40.6 Å². The standard InChI is InChI=1S/C17H19N3O3S2/c1-11-9-24-17(18-11)25-10-15(21)19-12-6-16(22)20(8-12)13-4-3-5-14(7-13)23-2/h3-5,7,9,12H,6,8,10H2,1-2H3,(H,19,21). The van der Waals surface area contributed by atoms with Crippen LogP contribution in [0.5, 0.6) is 5.75 Å². The molecule has 1 aromatic carbocycles. The van der Waals surface area contributed by atoms with Crippen LogP contribution in [0.25, 0.3) is 0 Å². The van der Waals surface area contributed by atoms with Gasteiger partial charge in [-0.1, -0.05) is 17.8 Å². The van der Waals surface area contributed by atoms with Gasteiger partial charge in [-0.3, -0.25) is 9.59 Å². The monoisotopic (exact) mass is 377 g/mol. The molecular weight excluding hydrogens is 358 g/mol. The molecule has 0 bridgehead atoms. The van der Waals surface area contributed by atoms with Gasteiger partial charge in [-0.15, -0.1) is 11.3 Å².